The maximum Gasteiger partial charge on any atom is 0.475 e. The van der Waals surface area contributed by atoms with Gasteiger partial charge in [-0.1, -0.05) is 30.3 Å². The monoisotopic (exact) mass is 532 g/mol. The van der Waals surface area contributed by atoms with Gasteiger partial charge in [-0.25, -0.2) is 13.6 Å². The zero-order valence-electron chi connectivity index (χ0n) is 21.9. The Kier molecular flexibility index (Phi) is 9.52. The summed E-state index contributed by atoms with van der Waals surface area (Å²) in [5.41, 5.74) is -1.20. The van der Waals surface area contributed by atoms with E-state index in [9.17, 15) is 33.7 Å². The van der Waals surface area contributed by atoms with E-state index in [-0.39, 0.29) is 31.7 Å². The Hall–Kier alpha value is -3.01. The molecule has 2 fully saturated rings. The van der Waals surface area contributed by atoms with Gasteiger partial charge in [-0.2, -0.15) is 5.26 Å². The number of amides is 2. The molecule has 0 radical (unpaired) electrons. The molecule has 2 amide bonds. The number of nitriles is 1. The lowest BCUT2D eigenvalue weighted by atomic mass is 9.76. The molecule has 0 spiro atoms. The minimum Gasteiger partial charge on any atom is -0.447 e. The molecule has 206 valence electrons. The predicted octanol–water partition coefficient (Wildman–Crippen LogP) is 1.94. The molecule has 2 saturated heterocycles. The molecule has 0 saturated carbocycles. The third kappa shape index (κ3) is 7.10. The molecule has 2 aliphatic heterocycles. The van der Waals surface area contributed by atoms with Gasteiger partial charge < -0.3 is 25.0 Å². The molecule has 3 N–H and O–H groups in total. The highest BCUT2D eigenvalue weighted by Gasteiger charge is 2.44. The average molecular weight is 532 g/mol. The largest absolute Gasteiger partial charge is 0.475 e. The summed E-state index contributed by atoms with van der Waals surface area (Å²) in [4.78, 5) is 28.9. The summed E-state index contributed by atoms with van der Waals surface area (Å²) in [6.07, 6.45) is -1.35. The summed E-state index contributed by atoms with van der Waals surface area (Å²) >= 11 is 0. The van der Waals surface area contributed by atoms with E-state index < -0.39 is 48.5 Å². The first-order chi connectivity index (χ1) is 17.9. The topological polar surface area (TPSA) is 126 Å². The number of alkyl carbamates (subject to hydrolysis) is 1. The van der Waals surface area contributed by atoms with Gasteiger partial charge in [0.1, 0.15) is 30.6 Å². The van der Waals surface area contributed by atoms with E-state index in [1.54, 1.807) is 49.9 Å². The molecule has 0 aromatic heterocycles. The molecule has 1 aromatic carbocycles. The van der Waals surface area contributed by atoms with Crippen LogP contribution >= 0.6 is 0 Å². The first-order valence-corrected chi connectivity index (χ1v) is 12.7. The summed E-state index contributed by atoms with van der Waals surface area (Å²) in [5, 5.41) is 31.6. The molecular formula is C26H35BF2N4O5. The number of nitrogens with zero attached hydrogens (tertiary/aromatic N) is 3. The molecule has 0 bridgehead atoms. The van der Waals surface area contributed by atoms with E-state index in [2.05, 4.69) is 5.32 Å². The van der Waals surface area contributed by atoms with Gasteiger partial charge in [0.25, 0.3) is 5.91 Å². The number of likely N-dealkylation sites (tertiary alicyclic amines) is 2. The van der Waals surface area contributed by atoms with Crippen LogP contribution in [0.5, 0.6) is 0 Å². The summed E-state index contributed by atoms with van der Waals surface area (Å²) in [6.45, 7) is 5.04. The van der Waals surface area contributed by atoms with Gasteiger partial charge in [-0.3, -0.25) is 9.69 Å². The lowest BCUT2D eigenvalue weighted by molar-refractivity contribution is -0.131. The average Bonchev–Trinajstić information content (AvgIpc) is 3.43. The Balaban J connectivity index is 1.65. The minimum atomic E-state index is -1.81. The van der Waals surface area contributed by atoms with Crippen molar-refractivity contribution >= 4 is 19.1 Å². The van der Waals surface area contributed by atoms with Crippen molar-refractivity contribution in [2.45, 2.75) is 69.4 Å². The molecule has 0 unspecified atom stereocenters. The number of benzene rings is 1. The number of carbonyl (C=O) groups excluding carboxylic acids is 2. The van der Waals surface area contributed by atoms with Crippen LogP contribution in [0.4, 0.5) is 13.6 Å². The number of nitrogens with one attached hydrogen (secondary N) is 1. The molecule has 4 atom stereocenters. The van der Waals surface area contributed by atoms with Crippen LogP contribution in [0.15, 0.2) is 42.0 Å². The molecule has 12 heteroatoms. The van der Waals surface area contributed by atoms with Gasteiger partial charge in [0, 0.05) is 25.2 Å². The minimum absolute atomic E-state index is 0.129. The fourth-order valence-corrected chi connectivity index (χ4v) is 4.96. The van der Waals surface area contributed by atoms with Gasteiger partial charge >= 0.3 is 13.2 Å². The Morgan fingerprint density at radius 3 is 2.50 bits per heavy atom. The zero-order chi connectivity index (χ0) is 28.1. The number of rotatable bonds is 9. The molecule has 2 aliphatic rings. The van der Waals surface area contributed by atoms with Crippen molar-refractivity contribution in [1.29, 1.82) is 5.26 Å². The second-order valence-electron chi connectivity index (χ2n) is 10.7. The Labute approximate surface area is 222 Å². The summed E-state index contributed by atoms with van der Waals surface area (Å²) < 4.78 is 32.9. The van der Waals surface area contributed by atoms with E-state index in [0.717, 1.165) is 5.56 Å². The first kappa shape index (κ1) is 29.5. The highest BCUT2D eigenvalue weighted by atomic mass is 19.2. The van der Waals surface area contributed by atoms with Crippen molar-refractivity contribution in [1.82, 2.24) is 15.1 Å². The van der Waals surface area contributed by atoms with Gasteiger partial charge in [0.2, 0.25) is 0 Å². The van der Waals surface area contributed by atoms with Crippen LogP contribution in [0.2, 0.25) is 0 Å². The second-order valence-corrected chi connectivity index (χ2v) is 10.7. The zero-order valence-corrected chi connectivity index (χ0v) is 21.9. The molecule has 0 aliphatic carbocycles. The third-order valence-electron chi connectivity index (χ3n) is 7.32. The fourth-order valence-electron chi connectivity index (χ4n) is 4.96. The summed E-state index contributed by atoms with van der Waals surface area (Å²) in [7, 11) is -1.81. The fraction of sp³-hybridized carbons (Fsp3) is 0.577. The van der Waals surface area contributed by atoms with Gasteiger partial charge in [0.05, 0.1) is 11.5 Å². The van der Waals surface area contributed by atoms with Crippen molar-refractivity contribution in [3.63, 3.8) is 0 Å². The summed E-state index contributed by atoms with van der Waals surface area (Å²) in [6, 6.07) is 10.9. The van der Waals surface area contributed by atoms with E-state index >= 15 is 0 Å². The van der Waals surface area contributed by atoms with Gasteiger partial charge in [0.15, 0.2) is 0 Å². The van der Waals surface area contributed by atoms with Crippen molar-refractivity contribution in [3.05, 3.63) is 47.5 Å². The van der Waals surface area contributed by atoms with Crippen LogP contribution < -0.4 is 5.32 Å². The highest BCUT2D eigenvalue weighted by Crippen LogP contribution is 2.32. The quantitative estimate of drug-likeness (QED) is 0.252. The number of halogens is 2. The molecule has 38 heavy (non-hydrogen) atoms. The van der Waals surface area contributed by atoms with Crippen molar-refractivity contribution in [2.24, 2.45) is 0 Å². The lowest BCUT2D eigenvalue weighted by Gasteiger charge is -2.36. The van der Waals surface area contributed by atoms with Gasteiger partial charge in [-0.05, 0) is 51.7 Å². The first-order valence-electron chi connectivity index (χ1n) is 12.7. The lowest BCUT2D eigenvalue weighted by Crippen LogP contribution is -2.52. The Bertz CT molecular complexity index is 1060. The number of alkyl halides is 2. The van der Waals surface area contributed by atoms with E-state index in [4.69, 9.17) is 4.74 Å². The predicted molar refractivity (Wildman–Crippen MR) is 137 cm³/mol. The van der Waals surface area contributed by atoms with Crippen molar-refractivity contribution in [2.75, 3.05) is 26.2 Å². The van der Waals surface area contributed by atoms with Crippen molar-refractivity contribution in [3.8, 4) is 6.07 Å². The van der Waals surface area contributed by atoms with E-state index in [1.165, 1.54) is 11.0 Å². The smallest absolute Gasteiger partial charge is 0.447 e. The molecule has 2 heterocycles. The number of ether oxygens (including phenoxy) is 1. The van der Waals surface area contributed by atoms with Crippen molar-refractivity contribution < 1.29 is 33.2 Å². The number of carbonyl (C=O) groups is 2. The van der Waals surface area contributed by atoms with Crippen LogP contribution in [-0.2, 0) is 16.0 Å². The Morgan fingerprint density at radius 1 is 1.29 bits per heavy atom. The Morgan fingerprint density at radius 2 is 1.92 bits per heavy atom. The van der Waals surface area contributed by atoms with E-state index in [0.29, 0.717) is 19.4 Å². The number of hydrogen-bond donors (Lipinski definition) is 3. The second kappa shape index (κ2) is 12.2. The van der Waals surface area contributed by atoms with Crippen LogP contribution in [0.3, 0.4) is 0 Å². The van der Waals surface area contributed by atoms with E-state index in [1.807, 2.05) is 12.1 Å². The highest BCUT2D eigenvalue weighted by molar-refractivity contribution is 6.43. The van der Waals surface area contributed by atoms with Gasteiger partial charge in [-0.15, -0.1) is 0 Å². The summed E-state index contributed by atoms with van der Waals surface area (Å²) in [5.74, 6) is -1.56. The van der Waals surface area contributed by atoms with Crippen LogP contribution in [0.25, 0.3) is 0 Å². The van der Waals surface area contributed by atoms with Crippen LogP contribution in [-0.4, -0.2) is 94.6 Å². The molecule has 9 nitrogen and oxygen atoms in total. The van der Waals surface area contributed by atoms with Crippen LogP contribution in [0, 0.1) is 11.3 Å². The number of hydrogen-bond acceptors (Lipinski definition) is 7. The molecule has 1 aromatic rings. The normalized spacial score (nSPS) is 25.1. The molecule has 3 rings (SSSR count). The maximum absolute atomic E-state index is 13.8. The van der Waals surface area contributed by atoms with Crippen LogP contribution in [0.1, 0.15) is 39.2 Å². The molecular weight excluding hydrogens is 497 g/mol. The maximum atomic E-state index is 13.8. The third-order valence-corrected chi connectivity index (χ3v) is 7.32. The SMILES string of the molecule is CC(C)(C=C(C#N)C(=O)N1CCC[C@]1(C)COC(=O)N[C@@H](Cc1ccccc1)B(O)O)N1C[C@@H](F)[C@@H](F)C1. The standard InChI is InChI=1S/C26H35BF2N4O5/c1-25(2,32-15-20(28)21(29)16-32)13-19(14-30)23(34)33-11-7-10-26(33,3)17-38-24(35)31-22(27(36)37)12-18-8-5-4-6-9-18/h4-6,8-9,13,20-22,36-37H,7,10-12,15-17H2,1-3H3,(H,31,35)/t20-,21+,22-,26+/m0/s1.